The van der Waals surface area contributed by atoms with Crippen LogP contribution in [-0.2, 0) is 20.9 Å². The van der Waals surface area contributed by atoms with Crippen LogP contribution in [0.1, 0.15) is 6.42 Å². The van der Waals surface area contributed by atoms with Crippen molar-refractivity contribution in [3.63, 3.8) is 0 Å². The van der Waals surface area contributed by atoms with Gasteiger partial charge < -0.3 is 25.8 Å². The minimum atomic E-state index is -0.333. The molecule has 0 fully saturated rings. The number of carbonyl (C=O) groups is 2. The summed E-state index contributed by atoms with van der Waals surface area (Å²) in [7, 11) is 3.08. The fourth-order valence-electron chi connectivity index (χ4n) is 2.22. The molecule has 0 aliphatic rings. The first-order valence-corrected chi connectivity index (χ1v) is 8.03. The van der Waals surface area contributed by atoms with E-state index in [9.17, 15) is 9.59 Å². The summed E-state index contributed by atoms with van der Waals surface area (Å²) in [5.74, 6) is 0.240. The molecule has 140 valence electrons. The smallest absolute Gasteiger partial charge is 0.246 e. The van der Waals surface area contributed by atoms with Gasteiger partial charge in [0.1, 0.15) is 12.3 Å². The molecule has 0 bridgehead atoms. The number of nitrogens with two attached hydrogens (primary N) is 1. The van der Waals surface area contributed by atoms with Gasteiger partial charge in [0.05, 0.1) is 31.5 Å². The van der Waals surface area contributed by atoms with Crippen LogP contribution in [0.2, 0.25) is 0 Å². The highest BCUT2D eigenvalue weighted by Gasteiger charge is 2.13. The van der Waals surface area contributed by atoms with Crippen molar-refractivity contribution in [3.8, 4) is 5.75 Å². The van der Waals surface area contributed by atoms with Crippen LogP contribution in [0, 0.1) is 0 Å². The summed E-state index contributed by atoms with van der Waals surface area (Å²) in [6.07, 6.45) is 2.87. The molecule has 0 saturated heterocycles. The van der Waals surface area contributed by atoms with E-state index in [2.05, 4.69) is 15.7 Å². The number of ether oxygens (including phenoxy) is 2. The van der Waals surface area contributed by atoms with Gasteiger partial charge in [0.15, 0.2) is 0 Å². The SMILES string of the molecule is COc1ccc(NC(=O)Cn2cc(NC(=O)CC(CN)OC)cn2)cc1. The Balaban J connectivity index is 1.84. The van der Waals surface area contributed by atoms with E-state index in [0.29, 0.717) is 17.1 Å². The molecule has 9 heteroatoms. The van der Waals surface area contributed by atoms with Crippen molar-refractivity contribution in [3.05, 3.63) is 36.7 Å². The predicted molar refractivity (Wildman–Crippen MR) is 96.9 cm³/mol. The van der Waals surface area contributed by atoms with Gasteiger partial charge in [0.25, 0.3) is 0 Å². The normalized spacial score (nSPS) is 11.7. The lowest BCUT2D eigenvalue weighted by molar-refractivity contribution is -0.118. The number of anilines is 2. The lowest BCUT2D eigenvalue weighted by Crippen LogP contribution is -2.28. The van der Waals surface area contributed by atoms with Gasteiger partial charge in [-0.2, -0.15) is 5.10 Å². The van der Waals surface area contributed by atoms with E-state index in [1.807, 2.05) is 0 Å². The zero-order valence-corrected chi connectivity index (χ0v) is 14.8. The molecule has 0 saturated carbocycles. The van der Waals surface area contributed by atoms with Crippen LogP contribution in [0.3, 0.4) is 0 Å². The lowest BCUT2D eigenvalue weighted by Gasteiger charge is -2.11. The molecular formula is C17H23N5O4. The van der Waals surface area contributed by atoms with Crippen LogP contribution in [-0.4, -0.2) is 48.5 Å². The molecule has 0 aliphatic carbocycles. The summed E-state index contributed by atoms with van der Waals surface area (Å²) in [4.78, 5) is 24.0. The summed E-state index contributed by atoms with van der Waals surface area (Å²) in [6, 6.07) is 7.00. The molecule has 2 aromatic rings. The minimum Gasteiger partial charge on any atom is -0.497 e. The summed E-state index contributed by atoms with van der Waals surface area (Å²) in [5.41, 5.74) is 6.65. The number of nitrogens with zero attached hydrogens (tertiary/aromatic N) is 2. The highest BCUT2D eigenvalue weighted by molar-refractivity contribution is 5.91. The van der Waals surface area contributed by atoms with Gasteiger partial charge in [-0.25, -0.2) is 0 Å². The number of hydrogen-bond donors (Lipinski definition) is 3. The zero-order valence-electron chi connectivity index (χ0n) is 14.8. The molecule has 2 rings (SSSR count). The van der Waals surface area contributed by atoms with Gasteiger partial charge in [0.2, 0.25) is 11.8 Å². The first-order valence-electron chi connectivity index (χ1n) is 8.03. The Kier molecular flexibility index (Phi) is 7.12. The van der Waals surface area contributed by atoms with Crippen molar-refractivity contribution in [1.29, 1.82) is 0 Å². The van der Waals surface area contributed by atoms with E-state index in [1.54, 1.807) is 37.6 Å². The summed E-state index contributed by atoms with van der Waals surface area (Å²) in [5, 5.41) is 9.52. The number of methoxy groups -OCH3 is 2. The molecule has 0 aliphatic heterocycles. The predicted octanol–water partition coefficient (Wildman–Crippen LogP) is 0.833. The molecule has 1 aromatic carbocycles. The molecule has 1 atom stereocenters. The second-order valence-electron chi connectivity index (χ2n) is 5.55. The van der Waals surface area contributed by atoms with Gasteiger partial charge >= 0.3 is 0 Å². The third kappa shape index (κ3) is 5.87. The number of amides is 2. The number of rotatable bonds is 9. The number of nitrogens with one attached hydrogen (secondary N) is 2. The Morgan fingerprint density at radius 1 is 1.15 bits per heavy atom. The van der Waals surface area contributed by atoms with Crippen LogP contribution in [0.5, 0.6) is 5.75 Å². The maximum absolute atomic E-state index is 12.1. The van der Waals surface area contributed by atoms with Crippen LogP contribution in [0.25, 0.3) is 0 Å². The van der Waals surface area contributed by atoms with Crippen LogP contribution in [0.4, 0.5) is 11.4 Å². The highest BCUT2D eigenvalue weighted by atomic mass is 16.5. The van der Waals surface area contributed by atoms with Crippen molar-refractivity contribution in [2.24, 2.45) is 5.73 Å². The van der Waals surface area contributed by atoms with Crippen molar-refractivity contribution in [2.45, 2.75) is 19.1 Å². The van der Waals surface area contributed by atoms with Crippen molar-refractivity contribution in [1.82, 2.24) is 9.78 Å². The molecule has 0 radical (unpaired) electrons. The molecule has 1 aromatic heterocycles. The van der Waals surface area contributed by atoms with Gasteiger partial charge in [0, 0.05) is 25.5 Å². The van der Waals surface area contributed by atoms with Gasteiger partial charge in [-0.3, -0.25) is 14.3 Å². The van der Waals surface area contributed by atoms with Crippen molar-refractivity contribution >= 4 is 23.2 Å². The summed E-state index contributed by atoms with van der Waals surface area (Å²) >= 11 is 0. The highest BCUT2D eigenvalue weighted by Crippen LogP contribution is 2.15. The van der Waals surface area contributed by atoms with Crippen molar-refractivity contribution < 1.29 is 19.1 Å². The average molecular weight is 361 g/mol. The Hall–Kier alpha value is -2.91. The third-order valence-electron chi connectivity index (χ3n) is 3.61. The van der Waals surface area contributed by atoms with E-state index in [1.165, 1.54) is 18.0 Å². The fraction of sp³-hybridized carbons (Fsp3) is 0.353. The molecule has 26 heavy (non-hydrogen) atoms. The molecular weight excluding hydrogens is 338 g/mol. The maximum atomic E-state index is 12.1. The Bertz CT molecular complexity index is 725. The second kappa shape index (κ2) is 9.54. The summed E-state index contributed by atoms with van der Waals surface area (Å²) < 4.78 is 11.6. The maximum Gasteiger partial charge on any atom is 0.246 e. The number of carbonyl (C=O) groups excluding carboxylic acids is 2. The third-order valence-corrected chi connectivity index (χ3v) is 3.61. The van der Waals surface area contributed by atoms with Gasteiger partial charge in [-0.05, 0) is 24.3 Å². The molecule has 4 N–H and O–H groups in total. The summed E-state index contributed by atoms with van der Waals surface area (Å²) in [6.45, 7) is 0.278. The molecule has 1 heterocycles. The zero-order chi connectivity index (χ0) is 18.9. The number of hydrogen-bond acceptors (Lipinski definition) is 6. The average Bonchev–Trinajstić information content (AvgIpc) is 3.06. The first-order chi connectivity index (χ1) is 12.5. The van der Waals surface area contributed by atoms with E-state index >= 15 is 0 Å². The van der Waals surface area contributed by atoms with Gasteiger partial charge in [-0.1, -0.05) is 0 Å². The quantitative estimate of drug-likeness (QED) is 0.608. The van der Waals surface area contributed by atoms with E-state index in [0.717, 1.165) is 0 Å². The second-order valence-corrected chi connectivity index (χ2v) is 5.55. The topological polar surface area (TPSA) is 120 Å². The molecule has 2 amide bonds. The first kappa shape index (κ1) is 19.4. The standard InChI is InChI=1S/C17H23N5O4/c1-25-14-5-3-12(4-6-14)20-17(24)11-22-10-13(9-19-22)21-16(23)7-15(8-18)26-2/h3-6,9-10,15H,7-8,11,18H2,1-2H3,(H,20,24)(H,21,23). The lowest BCUT2D eigenvalue weighted by atomic mass is 10.2. The van der Waals surface area contributed by atoms with Crippen LogP contribution >= 0.6 is 0 Å². The van der Waals surface area contributed by atoms with Crippen LogP contribution < -0.4 is 21.1 Å². The van der Waals surface area contributed by atoms with Crippen LogP contribution in [0.15, 0.2) is 36.7 Å². The minimum absolute atomic E-state index is 0.0192. The number of benzene rings is 1. The van der Waals surface area contributed by atoms with E-state index in [4.69, 9.17) is 15.2 Å². The Labute approximate surface area is 151 Å². The fourth-order valence-corrected chi connectivity index (χ4v) is 2.22. The van der Waals surface area contributed by atoms with Gasteiger partial charge in [-0.15, -0.1) is 0 Å². The molecule has 1 unspecified atom stereocenters. The monoisotopic (exact) mass is 361 g/mol. The number of aromatic nitrogens is 2. The van der Waals surface area contributed by atoms with E-state index < -0.39 is 0 Å². The largest absolute Gasteiger partial charge is 0.497 e. The molecule has 0 spiro atoms. The Morgan fingerprint density at radius 3 is 2.46 bits per heavy atom. The van der Waals surface area contributed by atoms with Crippen molar-refractivity contribution in [2.75, 3.05) is 31.4 Å². The van der Waals surface area contributed by atoms with E-state index in [-0.39, 0.29) is 37.4 Å². The Morgan fingerprint density at radius 2 is 1.85 bits per heavy atom. The molecule has 9 nitrogen and oxygen atoms in total.